The average molecular weight is 646 g/mol. The molecule has 3 saturated heterocycles. The van der Waals surface area contributed by atoms with Crippen LogP contribution in [0.5, 0.6) is 5.75 Å². The number of piperazine rings is 1. The van der Waals surface area contributed by atoms with E-state index in [9.17, 15) is 18.0 Å². The zero-order valence-corrected chi connectivity index (χ0v) is 27.9. The number of aromatic nitrogens is 1. The molecular weight excluding hydrogens is 602 g/mol. The SMILES string of the molecule is COc1ccc2c(c1)C1CC1(C(=O)N1CC3CC(C1)N3C)Cn1c-2c(C2CCCCC2)c2ccc(C(=O)NS(=O)(=O)N(C)C)cc21. The largest absolute Gasteiger partial charge is 0.497 e. The lowest BCUT2D eigenvalue weighted by molar-refractivity contribution is -0.148. The zero-order chi connectivity index (χ0) is 32.1. The fourth-order valence-corrected chi connectivity index (χ4v) is 9.50. The topological polar surface area (TPSA) is 104 Å². The quantitative estimate of drug-likeness (QED) is 0.429. The van der Waals surface area contributed by atoms with Crippen LogP contribution in [0.3, 0.4) is 0 Å². The Kier molecular flexibility index (Phi) is 6.87. The number of benzene rings is 2. The van der Waals surface area contributed by atoms with Gasteiger partial charge < -0.3 is 14.2 Å². The summed E-state index contributed by atoms with van der Waals surface area (Å²) >= 11 is 0. The minimum absolute atomic E-state index is 0.0759. The standard InChI is InChI=1S/C35H43N5O5S/c1-37(2)46(43,44)36-33(41)22-10-12-27-30(14-22)40-20-35(34(42)39-18-23-15-24(19-39)38(23)3)17-29(35)28-16-25(45-4)11-13-26(28)32(40)31(27)21-8-6-5-7-9-21/h10-14,16,21,23-24,29H,5-9,15,17-20H2,1-4H3,(H,36,41). The summed E-state index contributed by atoms with van der Waals surface area (Å²) in [6.07, 6.45) is 7.69. The molecule has 4 aliphatic heterocycles. The molecule has 2 amide bonds. The molecule has 4 unspecified atom stereocenters. The first kappa shape index (κ1) is 30.0. The average Bonchev–Trinajstić information content (AvgIpc) is 3.73. The van der Waals surface area contributed by atoms with Gasteiger partial charge >= 0.3 is 10.2 Å². The first-order valence-corrected chi connectivity index (χ1v) is 18.1. The Labute approximate surface area is 270 Å². The number of rotatable bonds is 6. The summed E-state index contributed by atoms with van der Waals surface area (Å²) in [6.45, 7) is 2.06. The van der Waals surface area contributed by atoms with Gasteiger partial charge in [-0.15, -0.1) is 0 Å². The number of nitrogens with one attached hydrogen (secondary N) is 1. The molecule has 1 N–H and O–H groups in total. The number of methoxy groups -OCH3 is 1. The van der Waals surface area contributed by atoms with Crippen LogP contribution in [0.4, 0.5) is 0 Å². The first-order valence-electron chi connectivity index (χ1n) is 16.6. The number of hydrogen-bond acceptors (Lipinski definition) is 6. The third kappa shape index (κ3) is 4.45. The van der Waals surface area contributed by atoms with Crippen molar-refractivity contribution in [2.24, 2.45) is 5.41 Å². The zero-order valence-electron chi connectivity index (χ0n) is 27.1. The molecular formula is C35H43N5O5S. The van der Waals surface area contributed by atoms with Crippen molar-refractivity contribution in [3.63, 3.8) is 0 Å². The maximum atomic E-state index is 14.7. The van der Waals surface area contributed by atoms with Crippen LogP contribution < -0.4 is 9.46 Å². The van der Waals surface area contributed by atoms with Crippen LogP contribution in [-0.4, -0.2) is 92.3 Å². The summed E-state index contributed by atoms with van der Waals surface area (Å²) in [5.74, 6) is 0.788. The highest BCUT2D eigenvalue weighted by Gasteiger charge is 2.64. The third-order valence-electron chi connectivity index (χ3n) is 11.8. The highest BCUT2D eigenvalue weighted by Crippen LogP contribution is 2.66. The van der Waals surface area contributed by atoms with Gasteiger partial charge in [-0.3, -0.25) is 14.5 Å². The molecule has 10 nitrogen and oxygen atoms in total. The second kappa shape index (κ2) is 10.6. The van der Waals surface area contributed by atoms with E-state index in [-0.39, 0.29) is 17.4 Å². The van der Waals surface area contributed by atoms with E-state index in [0.717, 1.165) is 71.0 Å². The molecule has 0 spiro atoms. The predicted molar refractivity (Wildman–Crippen MR) is 176 cm³/mol. The van der Waals surface area contributed by atoms with Crippen LogP contribution in [0.1, 0.15) is 78.3 Å². The van der Waals surface area contributed by atoms with Gasteiger partial charge in [0.05, 0.1) is 18.2 Å². The van der Waals surface area contributed by atoms with Crippen molar-refractivity contribution in [1.82, 2.24) is 23.4 Å². The molecule has 5 heterocycles. The molecule has 0 radical (unpaired) electrons. The van der Waals surface area contributed by atoms with Gasteiger partial charge in [-0.1, -0.05) is 25.3 Å². The minimum Gasteiger partial charge on any atom is -0.497 e. The van der Waals surface area contributed by atoms with Crippen LogP contribution in [0.2, 0.25) is 0 Å². The van der Waals surface area contributed by atoms with Crippen molar-refractivity contribution in [2.75, 3.05) is 41.3 Å². The van der Waals surface area contributed by atoms with Gasteiger partial charge in [0.25, 0.3) is 5.91 Å². The highest BCUT2D eigenvalue weighted by atomic mass is 32.2. The van der Waals surface area contributed by atoms with Crippen LogP contribution >= 0.6 is 0 Å². The van der Waals surface area contributed by atoms with E-state index in [4.69, 9.17) is 4.74 Å². The number of piperidine rings is 1. The third-order valence-corrected chi connectivity index (χ3v) is 13.2. The first-order chi connectivity index (χ1) is 22.0. The van der Waals surface area contributed by atoms with E-state index in [0.29, 0.717) is 24.5 Å². The van der Waals surface area contributed by atoms with Crippen LogP contribution in [0, 0.1) is 5.41 Å². The van der Waals surface area contributed by atoms with E-state index in [1.165, 1.54) is 44.5 Å². The number of fused-ring (bicyclic) bond motifs is 9. The Morgan fingerprint density at radius 1 is 1.02 bits per heavy atom. The number of likely N-dealkylation sites (N-methyl/N-ethyl adjacent to an activating group) is 1. The van der Waals surface area contributed by atoms with Gasteiger partial charge in [0, 0.05) is 73.8 Å². The van der Waals surface area contributed by atoms with E-state index in [1.807, 2.05) is 18.2 Å². The van der Waals surface area contributed by atoms with Crippen molar-refractivity contribution in [3.05, 3.63) is 53.1 Å². The number of ether oxygens (including phenoxy) is 1. The molecule has 6 aliphatic rings. The van der Waals surface area contributed by atoms with Gasteiger partial charge in [-0.2, -0.15) is 12.7 Å². The molecule has 2 bridgehead atoms. The van der Waals surface area contributed by atoms with Gasteiger partial charge in [0.15, 0.2) is 0 Å². The lowest BCUT2D eigenvalue weighted by Crippen LogP contribution is -2.68. The smallest absolute Gasteiger partial charge is 0.303 e. The number of hydrogen-bond donors (Lipinski definition) is 1. The molecule has 4 atom stereocenters. The second-order valence-corrected chi connectivity index (χ2v) is 16.3. The molecule has 1 aromatic heterocycles. The summed E-state index contributed by atoms with van der Waals surface area (Å²) in [5.41, 5.74) is 5.31. The molecule has 244 valence electrons. The molecule has 2 saturated carbocycles. The fraction of sp³-hybridized carbons (Fsp3) is 0.543. The fourth-order valence-electron chi connectivity index (χ4n) is 8.97. The normalized spacial score (nSPS) is 27.3. The maximum Gasteiger partial charge on any atom is 0.303 e. The van der Waals surface area contributed by atoms with E-state index >= 15 is 0 Å². The van der Waals surface area contributed by atoms with Crippen LogP contribution in [0.25, 0.3) is 22.2 Å². The molecule has 11 heteroatoms. The summed E-state index contributed by atoms with van der Waals surface area (Å²) < 4.78 is 36.3. The predicted octanol–water partition coefficient (Wildman–Crippen LogP) is 4.30. The Morgan fingerprint density at radius 2 is 1.76 bits per heavy atom. The monoisotopic (exact) mass is 645 g/mol. The molecule has 9 rings (SSSR count). The number of carbonyl (C=O) groups is 2. The molecule has 3 aromatic rings. The van der Waals surface area contributed by atoms with Crippen molar-refractivity contribution in [1.29, 1.82) is 0 Å². The molecule has 2 aliphatic carbocycles. The number of nitrogens with zero attached hydrogens (tertiary/aromatic N) is 4. The van der Waals surface area contributed by atoms with Crippen molar-refractivity contribution in [3.8, 4) is 17.0 Å². The van der Waals surface area contributed by atoms with E-state index in [2.05, 4.69) is 38.3 Å². The van der Waals surface area contributed by atoms with Crippen molar-refractivity contribution in [2.45, 2.75) is 75.4 Å². The van der Waals surface area contributed by atoms with Crippen molar-refractivity contribution < 1.29 is 22.7 Å². The minimum atomic E-state index is -3.96. The summed E-state index contributed by atoms with van der Waals surface area (Å²) in [7, 11) is 2.67. The summed E-state index contributed by atoms with van der Waals surface area (Å²) in [4.78, 5) is 32.5. The Bertz CT molecular complexity index is 1870. The summed E-state index contributed by atoms with van der Waals surface area (Å²) in [5, 5.41) is 1.08. The molecule has 46 heavy (non-hydrogen) atoms. The Balaban J connectivity index is 1.31. The lowest BCUT2D eigenvalue weighted by Gasteiger charge is -2.55. The number of amides is 2. The Morgan fingerprint density at radius 3 is 2.43 bits per heavy atom. The molecule has 2 aromatic carbocycles. The van der Waals surface area contributed by atoms with Gasteiger partial charge in [-0.05, 0) is 80.1 Å². The van der Waals surface area contributed by atoms with E-state index < -0.39 is 21.5 Å². The van der Waals surface area contributed by atoms with Gasteiger partial charge in [0.1, 0.15) is 5.75 Å². The maximum absolute atomic E-state index is 14.7. The molecule has 5 fully saturated rings. The summed E-state index contributed by atoms with van der Waals surface area (Å²) in [6, 6.07) is 12.7. The Hall–Kier alpha value is -3.41. The van der Waals surface area contributed by atoms with Gasteiger partial charge in [0.2, 0.25) is 5.91 Å². The second-order valence-electron chi connectivity index (χ2n) is 14.4. The van der Waals surface area contributed by atoms with Crippen LogP contribution in [-0.2, 0) is 21.5 Å². The van der Waals surface area contributed by atoms with Crippen molar-refractivity contribution >= 4 is 32.9 Å². The van der Waals surface area contributed by atoms with Gasteiger partial charge in [-0.25, -0.2) is 4.72 Å². The van der Waals surface area contributed by atoms with Crippen LogP contribution in [0.15, 0.2) is 36.4 Å². The highest BCUT2D eigenvalue weighted by molar-refractivity contribution is 7.87. The lowest BCUT2D eigenvalue weighted by atomic mass is 9.81. The van der Waals surface area contributed by atoms with E-state index in [1.54, 1.807) is 13.2 Å². The number of carbonyl (C=O) groups excluding carboxylic acids is 2.